The van der Waals surface area contributed by atoms with Crippen LogP contribution in [0.1, 0.15) is 36.1 Å². The molecule has 3 rings (SSSR count). The molecule has 0 radical (unpaired) electrons. The lowest BCUT2D eigenvalue weighted by Gasteiger charge is -2.14. The summed E-state index contributed by atoms with van der Waals surface area (Å²) in [6, 6.07) is 10.3. The van der Waals surface area contributed by atoms with Gasteiger partial charge in [0.05, 0.1) is 5.56 Å². The van der Waals surface area contributed by atoms with Gasteiger partial charge in [0, 0.05) is 25.6 Å². The number of oxime groups is 1. The second kappa shape index (κ2) is 9.42. The molecule has 1 aliphatic rings. The number of rotatable bonds is 6. The Kier molecular flexibility index (Phi) is 6.91. The van der Waals surface area contributed by atoms with Crippen molar-refractivity contribution in [3.8, 4) is 11.5 Å². The van der Waals surface area contributed by atoms with Crippen LogP contribution in [0, 0.1) is 6.92 Å². The third-order valence-corrected chi connectivity index (χ3v) is 5.34. The Morgan fingerprint density at radius 3 is 2.83 bits per heavy atom. The number of thioether (sulfide) groups is 1. The predicted molar refractivity (Wildman–Crippen MR) is 110 cm³/mol. The molecular formula is C21H21F3N2O3S. The first-order chi connectivity index (χ1) is 14.2. The van der Waals surface area contributed by atoms with Crippen molar-refractivity contribution in [3.63, 3.8) is 0 Å². The van der Waals surface area contributed by atoms with E-state index in [-0.39, 0.29) is 17.8 Å². The number of nitrogens with one attached hydrogen (secondary N) is 1. The average molecular weight is 438 g/mol. The first-order valence-corrected chi connectivity index (χ1v) is 10.3. The average Bonchev–Trinajstić information content (AvgIpc) is 3.15. The van der Waals surface area contributed by atoms with Crippen LogP contribution in [0.5, 0.6) is 11.5 Å². The number of benzene rings is 2. The van der Waals surface area contributed by atoms with Gasteiger partial charge in [0.25, 0.3) is 0 Å². The van der Waals surface area contributed by atoms with Gasteiger partial charge in [-0.25, -0.2) is 0 Å². The van der Waals surface area contributed by atoms with Crippen LogP contribution >= 0.6 is 11.8 Å². The molecule has 1 atom stereocenters. The number of hydrogen-bond donors (Lipinski definition) is 1. The number of aryl methyl sites for hydroxylation is 1. The summed E-state index contributed by atoms with van der Waals surface area (Å²) >= 11 is 1.51. The Labute approximate surface area is 176 Å². The number of carbonyl (C=O) groups is 1. The van der Waals surface area contributed by atoms with Gasteiger partial charge in [-0.3, -0.25) is 4.79 Å². The van der Waals surface area contributed by atoms with Crippen molar-refractivity contribution < 1.29 is 27.5 Å². The maximum Gasteiger partial charge on any atom is 0.416 e. The van der Waals surface area contributed by atoms with Gasteiger partial charge >= 0.3 is 6.18 Å². The van der Waals surface area contributed by atoms with Gasteiger partial charge in [0.15, 0.2) is 6.10 Å². The van der Waals surface area contributed by atoms with E-state index in [0.29, 0.717) is 24.5 Å². The molecule has 9 heteroatoms. The van der Waals surface area contributed by atoms with Crippen LogP contribution in [0.15, 0.2) is 47.6 Å². The molecule has 0 aromatic heterocycles. The first kappa shape index (κ1) is 22.0. The van der Waals surface area contributed by atoms with Crippen LogP contribution < -0.4 is 10.1 Å². The van der Waals surface area contributed by atoms with E-state index in [1.807, 2.05) is 19.1 Å². The quantitative estimate of drug-likeness (QED) is 0.610. The summed E-state index contributed by atoms with van der Waals surface area (Å²) in [5.74, 6) is 1.18. The van der Waals surface area contributed by atoms with E-state index in [4.69, 9.17) is 9.57 Å². The SMILES string of the molecule is CC(=O)NCCSC1=NO[C@H](c2ccc(C)c(Oc3cccc(C(F)(F)F)c3)c2)C1. The molecule has 5 nitrogen and oxygen atoms in total. The van der Waals surface area contributed by atoms with E-state index in [0.717, 1.165) is 28.3 Å². The Hall–Kier alpha value is -2.68. The fourth-order valence-corrected chi connectivity index (χ4v) is 3.61. The number of ether oxygens (including phenoxy) is 1. The summed E-state index contributed by atoms with van der Waals surface area (Å²) < 4.78 is 44.5. The van der Waals surface area contributed by atoms with Crippen molar-refractivity contribution >= 4 is 22.7 Å². The van der Waals surface area contributed by atoms with E-state index in [1.165, 1.54) is 30.8 Å². The van der Waals surface area contributed by atoms with E-state index in [1.54, 1.807) is 6.07 Å². The molecule has 0 saturated heterocycles. The molecule has 160 valence electrons. The number of carbonyl (C=O) groups excluding carboxylic acids is 1. The van der Waals surface area contributed by atoms with Crippen molar-refractivity contribution in [1.82, 2.24) is 5.32 Å². The third kappa shape index (κ3) is 5.91. The predicted octanol–water partition coefficient (Wildman–Crippen LogP) is 5.45. The number of hydrogen-bond acceptors (Lipinski definition) is 5. The summed E-state index contributed by atoms with van der Waals surface area (Å²) in [6.07, 6.45) is -4.14. The standard InChI is InChI=1S/C21H21F3N2O3S/c1-13-6-7-15(19-12-20(26-29-19)30-9-8-25-14(2)27)10-18(13)28-17-5-3-4-16(11-17)21(22,23)24/h3-7,10-11,19H,8-9,12H2,1-2H3,(H,25,27)/t19-/m0/s1. The molecule has 2 aromatic carbocycles. The summed E-state index contributed by atoms with van der Waals surface area (Å²) in [6.45, 7) is 3.83. The molecule has 30 heavy (non-hydrogen) atoms. The van der Waals surface area contributed by atoms with Crippen LogP contribution in [0.3, 0.4) is 0 Å². The van der Waals surface area contributed by atoms with Crippen molar-refractivity contribution in [1.29, 1.82) is 0 Å². The zero-order valence-electron chi connectivity index (χ0n) is 16.5. The summed E-state index contributed by atoms with van der Waals surface area (Å²) in [7, 11) is 0. The van der Waals surface area contributed by atoms with Gasteiger partial charge in [-0.15, -0.1) is 11.8 Å². The molecule has 1 aliphatic heterocycles. The zero-order chi connectivity index (χ0) is 21.7. The summed E-state index contributed by atoms with van der Waals surface area (Å²) in [5.41, 5.74) is 0.853. The molecule has 2 aromatic rings. The molecule has 0 saturated carbocycles. The monoisotopic (exact) mass is 438 g/mol. The molecule has 0 fully saturated rings. The second-order valence-corrected chi connectivity index (χ2v) is 7.94. The molecule has 0 spiro atoms. The molecular weight excluding hydrogens is 417 g/mol. The smallest absolute Gasteiger partial charge is 0.416 e. The van der Waals surface area contributed by atoms with E-state index in [2.05, 4.69) is 10.5 Å². The van der Waals surface area contributed by atoms with Crippen LogP contribution in [0.2, 0.25) is 0 Å². The lowest BCUT2D eigenvalue weighted by atomic mass is 10.0. The van der Waals surface area contributed by atoms with Crippen molar-refractivity contribution in [2.75, 3.05) is 12.3 Å². The maximum atomic E-state index is 12.9. The minimum Gasteiger partial charge on any atom is -0.457 e. The Bertz CT molecular complexity index is 947. The highest BCUT2D eigenvalue weighted by Crippen LogP contribution is 2.36. The number of amides is 1. The molecule has 0 aliphatic carbocycles. The van der Waals surface area contributed by atoms with Crippen molar-refractivity contribution in [3.05, 3.63) is 59.2 Å². The zero-order valence-corrected chi connectivity index (χ0v) is 17.3. The fourth-order valence-electron chi connectivity index (χ4n) is 2.81. The van der Waals surface area contributed by atoms with Gasteiger partial charge < -0.3 is 14.9 Å². The number of halogens is 3. The highest BCUT2D eigenvalue weighted by molar-refractivity contribution is 8.13. The van der Waals surface area contributed by atoms with Crippen molar-refractivity contribution in [2.45, 2.75) is 32.5 Å². The van der Waals surface area contributed by atoms with Crippen LogP contribution in [-0.2, 0) is 15.8 Å². The topological polar surface area (TPSA) is 59.9 Å². The largest absolute Gasteiger partial charge is 0.457 e. The van der Waals surface area contributed by atoms with Crippen LogP contribution in [0.4, 0.5) is 13.2 Å². The van der Waals surface area contributed by atoms with Gasteiger partial charge in [0.1, 0.15) is 16.5 Å². The summed E-state index contributed by atoms with van der Waals surface area (Å²) in [5, 5.41) is 7.63. The third-order valence-electron chi connectivity index (χ3n) is 4.36. The van der Waals surface area contributed by atoms with Gasteiger partial charge in [-0.2, -0.15) is 13.2 Å². The lowest BCUT2D eigenvalue weighted by Crippen LogP contribution is -2.22. The number of nitrogens with zero attached hydrogens (tertiary/aromatic N) is 1. The summed E-state index contributed by atoms with van der Waals surface area (Å²) in [4.78, 5) is 16.4. The number of alkyl halides is 3. The van der Waals surface area contributed by atoms with E-state index >= 15 is 0 Å². The van der Waals surface area contributed by atoms with Gasteiger partial charge in [-0.05, 0) is 42.3 Å². The highest BCUT2D eigenvalue weighted by atomic mass is 32.2. The van der Waals surface area contributed by atoms with Crippen molar-refractivity contribution in [2.24, 2.45) is 5.16 Å². The molecule has 1 heterocycles. The Morgan fingerprint density at radius 2 is 2.10 bits per heavy atom. The van der Waals surface area contributed by atoms with Crippen LogP contribution in [-0.4, -0.2) is 23.2 Å². The lowest BCUT2D eigenvalue weighted by molar-refractivity contribution is -0.137. The first-order valence-electron chi connectivity index (χ1n) is 9.28. The highest BCUT2D eigenvalue weighted by Gasteiger charge is 2.30. The van der Waals surface area contributed by atoms with Gasteiger partial charge in [0.2, 0.25) is 5.91 Å². The fraction of sp³-hybridized carbons (Fsp3) is 0.333. The second-order valence-electron chi connectivity index (χ2n) is 6.77. The minimum absolute atomic E-state index is 0.0777. The Morgan fingerprint density at radius 1 is 1.30 bits per heavy atom. The Balaban J connectivity index is 1.64. The van der Waals surface area contributed by atoms with Crippen LogP contribution in [0.25, 0.3) is 0 Å². The molecule has 0 unspecified atom stereocenters. The van der Waals surface area contributed by atoms with E-state index < -0.39 is 11.7 Å². The minimum atomic E-state index is -4.43. The maximum absolute atomic E-state index is 12.9. The molecule has 0 bridgehead atoms. The molecule has 1 amide bonds. The van der Waals surface area contributed by atoms with Gasteiger partial charge in [-0.1, -0.05) is 23.4 Å². The normalized spacial score (nSPS) is 16.0. The van der Waals surface area contributed by atoms with E-state index in [9.17, 15) is 18.0 Å². The molecule has 1 N–H and O–H groups in total.